The van der Waals surface area contributed by atoms with Crippen molar-refractivity contribution in [2.24, 2.45) is 0 Å². The Kier molecular flexibility index (Phi) is 4.23. The molecule has 0 saturated heterocycles. The highest BCUT2D eigenvalue weighted by atomic mass is 31.2. The van der Waals surface area contributed by atoms with Crippen LogP contribution in [0.5, 0.6) is 11.5 Å². The lowest BCUT2D eigenvalue weighted by atomic mass is 9.96. The molecule has 2 aromatic rings. The van der Waals surface area contributed by atoms with Crippen LogP contribution in [0.25, 0.3) is 0 Å². The van der Waals surface area contributed by atoms with Crippen molar-refractivity contribution >= 4 is 7.75 Å². The molecule has 0 bridgehead atoms. The Morgan fingerprint density at radius 1 is 0.833 bits per heavy atom. The van der Waals surface area contributed by atoms with Crippen molar-refractivity contribution in [3.63, 3.8) is 0 Å². The van der Waals surface area contributed by atoms with Crippen molar-refractivity contribution in [3.8, 4) is 11.5 Å². The van der Waals surface area contributed by atoms with Crippen LogP contribution in [-0.2, 0) is 11.0 Å². The predicted molar refractivity (Wildman–Crippen MR) is 97.2 cm³/mol. The van der Waals surface area contributed by atoms with Crippen LogP contribution in [0.3, 0.4) is 0 Å². The van der Waals surface area contributed by atoms with E-state index in [1.54, 1.807) is 14.1 Å². The molecule has 3 rings (SSSR count). The normalized spacial score (nSPS) is 15.6. The van der Waals surface area contributed by atoms with Crippen LogP contribution in [0.15, 0.2) is 24.3 Å². The monoisotopic (exact) mass is 345 g/mol. The lowest BCUT2D eigenvalue weighted by Crippen LogP contribution is -2.20. The predicted octanol–water partition coefficient (Wildman–Crippen LogP) is 4.95. The van der Waals surface area contributed by atoms with Gasteiger partial charge in [0.1, 0.15) is 11.5 Å². The maximum Gasteiger partial charge on any atom is 0.515 e. The molecule has 4 nitrogen and oxygen atoms in total. The molecule has 0 radical (unpaired) electrons. The van der Waals surface area contributed by atoms with Gasteiger partial charge in [-0.3, -0.25) is 0 Å². The van der Waals surface area contributed by atoms with Gasteiger partial charge in [-0.25, -0.2) is 4.57 Å². The van der Waals surface area contributed by atoms with Gasteiger partial charge in [-0.15, -0.1) is 0 Å². The second-order valence-corrected chi connectivity index (χ2v) is 8.92. The zero-order valence-electron chi connectivity index (χ0n) is 15.1. The van der Waals surface area contributed by atoms with Crippen LogP contribution in [0, 0.1) is 27.7 Å². The summed E-state index contributed by atoms with van der Waals surface area (Å²) in [5.41, 5.74) is 6.38. The molecule has 5 heteroatoms. The minimum absolute atomic E-state index is 0.669. The highest BCUT2D eigenvalue weighted by Crippen LogP contribution is 2.54. The van der Waals surface area contributed by atoms with E-state index in [2.05, 4.69) is 26.0 Å². The summed E-state index contributed by atoms with van der Waals surface area (Å²) in [6.45, 7) is 8.10. The largest absolute Gasteiger partial charge is 0.515 e. The third kappa shape index (κ3) is 2.97. The molecule has 0 atom stereocenters. The molecular weight excluding hydrogens is 321 g/mol. The van der Waals surface area contributed by atoms with Crippen molar-refractivity contribution < 1.29 is 13.6 Å². The van der Waals surface area contributed by atoms with Gasteiger partial charge in [-0.05, 0) is 64.0 Å². The fraction of sp³-hybridized carbons (Fsp3) is 0.368. The molecule has 0 fully saturated rings. The lowest BCUT2D eigenvalue weighted by molar-refractivity contribution is 0.319. The van der Waals surface area contributed by atoms with Crippen molar-refractivity contribution in [2.45, 2.75) is 34.1 Å². The first-order valence-electron chi connectivity index (χ1n) is 8.07. The highest BCUT2D eigenvalue weighted by Gasteiger charge is 2.36. The summed E-state index contributed by atoms with van der Waals surface area (Å²) >= 11 is 0. The van der Waals surface area contributed by atoms with Gasteiger partial charge in [0.2, 0.25) is 0 Å². The van der Waals surface area contributed by atoms with E-state index in [9.17, 15) is 4.57 Å². The summed E-state index contributed by atoms with van der Waals surface area (Å²) < 4.78 is 26.9. The van der Waals surface area contributed by atoms with Crippen LogP contribution in [-0.4, -0.2) is 18.8 Å². The standard InChI is InChI=1S/C19H24NO3P/c1-12-7-14(3)18-16(9-12)11-17-10-13(2)8-15(4)19(17)23-24(21,22-18)20(5)6/h7-10H,11H2,1-6H3. The molecule has 0 N–H and O–H groups in total. The molecular formula is C19H24NO3P. The van der Waals surface area contributed by atoms with Gasteiger partial charge in [-0.1, -0.05) is 35.4 Å². The number of rotatable bonds is 1. The summed E-state index contributed by atoms with van der Waals surface area (Å²) in [7, 11) is -0.0379. The SMILES string of the molecule is Cc1cc(C)c2c(c1)Cc1cc(C)cc(C)c1OP(=O)(N(C)C)O2. The summed E-state index contributed by atoms with van der Waals surface area (Å²) in [4.78, 5) is 0. The maximum absolute atomic E-state index is 13.4. The first-order chi connectivity index (χ1) is 11.2. The molecule has 0 saturated carbocycles. The van der Waals surface area contributed by atoms with Crippen LogP contribution < -0.4 is 9.05 Å². The molecule has 1 aliphatic heterocycles. The van der Waals surface area contributed by atoms with Crippen molar-refractivity contribution in [1.82, 2.24) is 4.67 Å². The molecule has 1 heterocycles. The maximum atomic E-state index is 13.4. The molecule has 128 valence electrons. The van der Waals surface area contributed by atoms with Crippen LogP contribution >= 0.6 is 7.75 Å². The Labute approximate surface area is 144 Å². The van der Waals surface area contributed by atoms with Crippen LogP contribution in [0.4, 0.5) is 0 Å². The van der Waals surface area contributed by atoms with Crippen molar-refractivity contribution in [2.75, 3.05) is 14.1 Å². The lowest BCUT2D eigenvalue weighted by Gasteiger charge is -2.30. The smallest absolute Gasteiger partial charge is 0.404 e. The molecule has 1 aliphatic rings. The van der Waals surface area contributed by atoms with Crippen LogP contribution in [0.1, 0.15) is 33.4 Å². The van der Waals surface area contributed by atoms with E-state index in [0.717, 1.165) is 22.3 Å². The number of benzene rings is 2. The molecule has 24 heavy (non-hydrogen) atoms. The van der Waals surface area contributed by atoms with Gasteiger partial charge < -0.3 is 9.05 Å². The summed E-state index contributed by atoms with van der Waals surface area (Å²) in [6.07, 6.45) is 0.698. The van der Waals surface area contributed by atoms with Crippen LogP contribution in [0.2, 0.25) is 0 Å². The summed E-state index contributed by atoms with van der Waals surface area (Å²) in [5, 5.41) is 0. The minimum Gasteiger partial charge on any atom is -0.404 e. The van der Waals surface area contributed by atoms with E-state index in [4.69, 9.17) is 9.05 Å². The summed E-state index contributed by atoms with van der Waals surface area (Å²) in [5.74, 6) is 1.34. The third-order valence-corrected chi connectivity index (χ3v) is 6.08. The van der Waals surface area contributed by atoms with Gasteiger partial charge in [-0.2, -0.15) is 4.67 Å². The van der Waals surface area contributed by atoms with Gasteiger partial charge in [0, 0.05) is 6.42 Å². The Hall–Kier alpha value is -1.77. The first-order valence-corrected chi connectivity index (χ1v) is 9.56. The van der Waals surface area contributed by atoms with Gasteiger partial charge in [0.25, 0.3) is 0 Å². The molecule has 2 aromatic carbocycles. The average molecular weight is 345 g/mol. The number of aryl methyl sites for hydroxylation is 4. The Morgan fingerprint density at radius 3 is 1.62 bits per heavy atom. The number of hydrogen-bond donors (Lipinski definition) is 0. The summed E-state index contributed by atoms with van der Waals surface area (Å²) in [6, 6.07) is 8.30. The van der Waals surface area contributed by atoms with Gasteiger partial charge in [0.15, 0.2) is 0 Å². The quantitative estimate of drug-likeness (QED) is 0.685. The average Bonchev–Trinajstić information content (AvgIpc) is 2.44. The number of hydrogen-bond acceptors (Lipinski definition) is 3. The second-order valence-electron chi connectivity index (χ2n) is 6.82. The van der Waals surface area contributed by atoms with E-state index < -0.39 is 7.75 Å². The van der Waals surface area contributed by atoms with E-state index in [-0.39, 0.29) is 0 Å². The van der Waals surface area contributed by atoms with E-state index in [0.29, 0.717) is 17.9 Å². The van der Waals surface area contributed by atoms with E-state index in [1.807, 2.05) is 26.0 Å². The fourth-order valence-electron chi connectivity index (χ4n) is 3.23. The van der Waals surface area contributed by atoms with E-state index in [1.165, 1.54) is 15.8 Å². The zero-order valence-corrected chi connectivity index (χ0v) is 16.0. The molecule has 0 aliphatic carbocycles. The Balaban J connectivity index is 2.29. The Bertz CT molecular complexity index is 795. The number of nitrogens with zero attached hydrogens (tertiary/aromatic N) is 1. The van der Waals surface area contributed by atoms with Crippen molar-refractivity contribution in [3.05, 3.63) is 57.6 Å². The number of fused-ring (bicyclic) bond motifs is 2. The minimum atomic E-state index is -3.47. The van der Waals surface area contributed by atoms with Crippen molar-refractivity contribution in [1.29, 1.82) is 0 Å². The topological polar surface area (TPSA) is 38.8 Å². The highest BCUT2D eigenvalue weighted by molar-refractivity contribution is 7.52. The third-order valence-electron chi connectivity index (χ3n) is 4.28. The van der Waals surface area contributed by atoms with Gasteiger partial charge in [0.05, 0.1) is 0 Å². The second kappa shape index (κ2) is 5.94. The van der Waals surface area contributed by atoms with E-state index >= 15 is 0 Å². The Morgan fingerprint density at radius 2 is 1.25 bits per heavy atom. The molecule has 0 spiro atoms. The molecule has 0 aromatic heterocycles. The fourth-order valence-corrected chi connectivity index (χ4v) is 4.57. The first kappa shape index (κ1) is 17.1. The zero-order chi connectivity index (χ0) is 17.6. The molecule has 0 unspecified atom stereocenters. The molecule has 0 amide bonds. The van der Waals surface area contributed by atoms with Gasteiger partial charge >= 0.3 is 7.75 Å².